The highest BCUT2D eigenvalue weighted by molar-refractivity contribution is 6.13. The van der Waals surface area contributed by atoms with Gasteiger partial charge in [-0.2, -0.15) is 18.3 Å². The molecule has 4 heterocycles. The van der Waals surface area contributed by atoms with Crippen LogP contribution < -0.4 is 21.1 Å². The van der Waals surface area contributed by atoms with Crippen molar-refractivity contribution in [1.82, 2.24) is 29.9 Å². The molecule has 0 saturated carbocycles. The second-order valence-electron chi connectivity index (χ2n) is 8.03. The number of hydrogen-bond donors (Lipinski definition) is 4. The number of fused-ring (bicyclic) bond motifs is 2. The molecule has 0 unspecified atom stereocenters. The molecule has 5 rings (SSSR count). The molecule has 3 aromatic heterocycles. The van der Waals surface area contributed by atoms with Gasteiger partial charge in [0.1, 0.15) is 11.3 Å². The summed E-state index contributed by atoms with van der Waals surface area (Å²) >= 11 is 0. The number of H-pyrrole nitrogens is 1. The number of rotatable bonds is 3. The van der Waals surface area contributed by atoms with Gasteiger partial charge in [-0.3, -0.25) is 14.0 Å². The third kappa shape index (κ3) is 5.66. The number of hydrogen-bond acceptors (Lipinski definition) is 8. The number of carbonyl (C=O) groups excluding carboxylic acids is 1. The summed E-state index contributed by atoms with van der Waals surface area (Å²) in [6, 6.07) is 5.57. The molecule has 0 spiro atoms. The first-order valence-corrected chi connectivity index (χ1v) is 10.9. The molecular weight excluding hydrogens is 497 g/mol. The summed E-state index contributed by atoms with van der Waals surface area (Å²) < 4.78 is 33.3. The lowest BCUT2D eigenvalue weighted by Crippen LogP contribution is -2.43. The van der Waals surface area contributed by atoms with Gasteiger partial charge in [-0.1, -0.05) is 0 Å². The summed E-state index contributed by atoms with van der Waals surface area (Å²) in [5.41, 5.74) is 2.56. The lowest BCUT2D eigenvalue weighted by molar-refractivity contribution is -0.192. The van der Waals surface area contributed by atoms with Gasteiger partial charge in [0, 0.05) is 43.4 Å². The summed E-state index contributed by atoms with van der Waals surface area (Å²) in [4.78, 5) is 43.2. The van der Waals surface area contributed by atoms with E-state index in [0.29, 0.717) is 16.8 Å². The molecule has 4 N–H and O–H groups in total. The van der Waals surface area contributed by atoms with Gasteiger partial charge in [-0.05, 0) is 25.1 Å². The Morgan fingerprint density at radius 2 is 1.84 bits per heavy atom. The van der Waals surface area contributed by atoms with E-state index in [9.17, 15) is 22.8 Å². The van der Waals surface area contributed by atoms with Crippen LogP contribution >= 0.6 is 0 Å². The second kappa shape index (κ2) is 10.2. The zero-order valence-electron chi connectivity index (χ0n) is 19.3. The van der Waals surface area contributed by atoms with Gasteiger partial charge in [-0.25, -0.2) is 9.78 Å². The summed E-state index contributed by atoms with van der Waals surface area (Å²) in [5.74, 6) is -2.86. The van der Waals surface area contributed by atoms with E-state index in [4.69, 9.17) is 9.90 Å². The largest absolute Gasteiger partial charge is 0.490 e. The third-order valence-corrected chi connectivity index (χ3v) is 5.42. The fourth-order valence-corrected chi connectivity index (χ4v) is 3.82. The predicted molar refractivity (Wildman–Crippen MR) is 127 cm³/mol. The van der Waals surface area contributed by atoms with Crippen molar-refractivity contribution in [3.05, 3.63) is 58.4 Å². The van der Waals surface area contributed by atoms with Gasteiger partial charge in [0.25, 0.3) is 11.5 Å². The monoisotopic (exact) mass is 518 g/mol. The van der Waals surface area contributed by atoms with Gasteiger partial charge in [0.15, 0.2) is 0 Å². The van der Waals surface area contributed by atoms with E-state index < -0.39 is 12.1 Å². The van der Waals surface area contributed by atoms with Crippen LogP contribution in [0.25, 0.3) is 16.6 Å². The predicted octanol–water partition coefficient (Wildman–Crippen LogP) is 1.57. The lowest BCUT2D eigenvalue weighted by atomic mass is 10.1. The Balaban J connectivity index is 0.000000405. The highest BCUT2D eigenvalue weighted by Gasteiger charge is 2.38. The highest BCUT2D eigenvalue weighted by atomic mass is 19.4. The van der Waals surface area contributed by atoms with Crippen LogP contribution in [-0.2, 0) is 4.79 Å². The maximum absolute atomic E-state index is 13.0. The summed E-state index contributed by atoms with van der Waals surface area (Å²) in [6.07, 6.45) is -0.108. The normalized spacial score (nSPS) is 13.8. The molecule has 0 aliphatic carbocycles. The van der Waals surface area contributed by atoms with Crippen molar-refractivity contribution in [3.8, 4) is 0 Å². The van der Waals surface area contributed by atoms with Crippen molar-refractivity contribution in [2.45, 2.75) is 13.1 Å². The van der Waals surface area contributed by atoms with Gasteiger partial charge in [0.2, 0.25) is 5.65 Å². The topological polar surface area (TPSA) is 158 Å². The SMILES string of the molecule is Cc1cn2cc(NC(=O)c3ccc(N4CCNCC4)c4ccnnc34)[nH]c(=O)c2n1.O=C(O)C(F)(F)F. The molecule has 1 saturated heterocycles. The zero-order chi connectivity index (χ0) is 26.7. The Kier molecular flexibility index (Phi) is 7.06. The van der Waals surface area contributed by atoms with Gasteiger partial charge in [-0.15, -0.1) is 5.10 Å². The zero-order valence-corrected chi connectivity index (χ0v) is 19.3. The minimum atomic E-state index is -5.08. The number of amides is 1. The molecule has 0 radical (unpaired) electrons. The van der Waals surface area contributed by atoms with E-state index in [-0.39, 0.29) is 22.9 Å². The molecule has 194 valence electrons. The number of nitrogens with one attached hydrogen (secondary N) is 3. The van der Waals surface area contributed by atoms with Gasteiger partial charge in [0.05, 0.1) is 23.7 Å². The highest BCUT2D eigenvalue weighted by Crippen LogP contribution is 2.28. The van der Waals surface area contributed by atoms with Crippen molar-refractivity contribution in [3.63, 3.8) is 0 Å². The maximum Gasteiger partial charge on any atom is 0.490 e. The number of alkyl halides is 3. The molecule has 4 aromatic rings. The van der Waals surface area contributed by atoms with E-state index in [0.717, 1.165) is 37.3 Å². The van der Waals surface area contributed by atoms with Gasteiger partial charge >= 0.3 is 12.1 Å². The molecular formula is C22H21F3N8O4. The molecule has 1 aromatic carbocycles. The van der Waals surface area contributed by atoms with Crippen LogP contribution in [0.1, 0.15) is 16.1 Å². The van der Waals surface area contributed by atoms with Crippen LogP contribution in [0.5, 0.6) is 0 Å². The Hall–Kier alpha value is -4.53. The fraction of sp³-hybridized carbons (Fsp3) is 0.273. The van der Waals surface area contributed by atoms with Crippen LogP contribution in [0.2, 0.25) is 0 Å². The number of aryl methyl sites for hydroxylation is 1. The second-order valence-corrected chi connectivity index (χ2v) is 8.03. The average molecular weight is 518 g/mol. The maximum atomic E-state index is 13.0. The summed E-state index contributed by atoms with van der Waals surface area (Å²) in [7, 11) is 0. The molecule has 37 heavy (non-hydrogen) atoms. The van der Waals surface area contributed by atoms with Crippen LogP contribution in [0.3, 0.4) is 0 Å². The number of benzene rings is 1. The Bertz CT molecular complexity index is 1530. The number of anilines is 2. The van der Waals surface area contributed by atoms with E-state index in [1.54, 1.807) is 36.0 Å². The molecule has 15 heteroatoms. The molecule has 1 aliphatic rings. The van der Waals surface area contributed by atoms with Crippen molar-refractivity contribution in [1.29, 1.82) is 0 Å². The summed E-state index contributed by atoms with van der Waals surface area (Å²) in [6.45, 7) is 5.39. The number of piperazine rings is 1. The van der Waals surface area contributed by atoms with E-state index in [1.807, 2.05) is 12.1 Å². The third-order valence-electron chi connectivity index (χ3n) is 5.42. The Morgan fingerprint density at radius 1 is 1.14 bits per heavy atom. The number of aliphatic carboxylic acids is 1. The smallest absolute Gasteiger partial charge is 0.475 e. The summed E-state index contributed by atoms with van der Waals surface area (Å²) in [5, 5.41) is 22.3. The van der Waals surface area contributed by atoms with Crippen LogP contribution in [0.15, 0.2) is 41.6 Å². The van der Waals surface area contributed by atoms with Crippen molar-refractivity contribution in [2.24, 2.45) is 0 Å². The average Bonchev–Trinajstić information content (AvgIpc) is 3.24. The van der Waals surface area contributed by atoms with E-state index in [1.165, 1.54) is 0 Å². The van der Waals surface area contributed by atoms with Crippen LogP contribution in [0.4, 0.5) is 24.7 Å². The molecule has 0 atom stereocenters. The van der Waals surface area contributed by atoms with Crippen LogP contribution in [0, 0.1) is 6.92 Å². The molecule has 0 bridgehead atoms. The first-order chi connectivity index (χ1) is 17.5. The number of halogens is 3. The van der Waals surface area contributed by atoms with Gasteiger partial charge < -0.3 is 25.6 Å². The Morgan fingerprint density at radius 3 is 2.51 bits per heavy atom. The number of carboxylic acid groups (broad SMARTS) is 1. The number of carboxylic acids is 1. The lowest BCUT2D eigenvalue weighted by Gasteiger charge is -2.30. The minimum Gasteiger partial charge on any atom is -0.475 e. The number of carbonyl (C=O) groups is 2. The molecule has 12 nitrogen and oxygen atoms in total. The number of nitrogens with zero attached hydrogens (tertiary/aromatic N) is 5. The van der Waals surface area contributed by atoms with Crippen molar-refractivity contribution in [2.75, 3.05) is 36.4 Å². The van der Waals surface area contributed by atoms with E-state index in [2.05, 4.69) is 35.7 Å². The standard InChI is InChI=1S/C20H20N8O2.C2HF3O2/c1-12-10-28-11-16(25-20(30)18(28)23-12)24-19(29)14-2-3-15(27-8-6-21-7-9-27)13-4-5-22-26-17(13)14;3-2(4,5)1(6)7/h2-5,10-11,21H,6-9H2,1H3,(H,24,29)(H,25,30);(H,6,7). The van der Waals surface area contributed by atoms with Crippen LogP contribution in [-0.4, -0.2) is 73.9 Å². The first kappa shape index (κ1) is 25.6. The molecule has 1 amide bonds. The molecule has 1 fully saturated rings. The molecule has 1 aliphatic heterocycles. The first-order valence-electron chi connectivity index (χ1n) is 10.9. The van der Waals surface area contributed by atoms with Crippen molar-refractivity contribution >= 4 is 39.9 Å². The fourth-order valence-electron chi connectivity index (χ4n) is 3.82. The quantitative estimate of drug-likeness (QED) is 0.316. The Labute approximate surface area is 206 Å². The van der Waals surface area contributed by atoms with E-state index >= 15 is 0 Å². The number of imidazole rings is 1. The van der Waals surface area contributed by atoms with Crippen molar-refractivity contribution < 1.29 is 27.9 Å². The number of aromatic nitrogens is 5. The number of aromatic amines is 1. The minimum absolute atomic E-state index is 0.276.